The molecule has 0 aromatic heterocycles. The molecule has 0 amide bonds. The number of benzene rings is 3. The third-order valence-corrected chi connectivity index (χ3v) is 5.71. The normalized spacial score (nSPS) is 19.1. The van der Waals surface area contributed by atoms with E-state index >= 15 is 0 Å². The van der Waals surface area contributed by atoms with Crippen molar-refractivity contribution in [2.24, 2.45) is 11.8 Å². The highest BCUT2D eigenvalue weighted by Gasteiger charge is 2.32. The van der Waals surface area contributed by atoms with Gasteiger partial charge in [0.05, 0.1) is 0 Å². The van der Waals surface area contributed by atoms with Crippen LogP contribution in [-0.4, -0.2) is 11.9 Å². The fraction of sp³-hybridized carbons (Fsp3) is 0.200. The molecule has 5 rings (SSSR count). The number of phenols is 1. The first-order valence-corrected chi connectivity index (χ1v) is 10.2. The molecule has 3 N–H and O–H groups in total. The number of aromatic hydroxyl groups is 1. The summed E-state index contributed by atoms with van der Waals surface area (Å²) >= 11 is 0. The summed E-state index contributed by atoms with van der Waals surface area (Å²) in [7, 11) is 0. The van der Waals surface area contributed by atoms with Crippen LogP contribution in [0.5, 0.6) is 28.7 Å². The van der Waals surface area contributed by atoms with E-state index in [-0.39, 0.29) is 24.6 Å². The summed E-state index contributed by atoms with van der Waals surface area (Å²) in [5, 5.41) is 9.47. The van der Waals surface area contributed by atoms with E-state index in [4.69, 9.17) is 24.9 Å². The van der Waals surface area contributed by atoms with Crippen molar-refractivity contribution >= 4 is 6.08 Å². The fourth-order valence-electron chi connectivity index (χ4n) is 4.10. The minimum absolute atomic E-state index is 0.121. The third-order valence-electron chi connectivity index (χ3n) is 5.71. The lowest BCUT2D eigenvalue weighted by Crippen LogP contribution is -2.25. The molecule has 158 valence electrons. The van der Waals surface area contributed by atoms with Gasteiger partial charge in [-0.3, -0.25) is 0 Å². The highest BCUT2D eigenvalue weighted by molar-refractivity contribution is 5.54. The SMILES string of the molecule is NOc1ccc(C2Oc3cc4c(cc3CC2C/C=C/c2ccc(O)cc2)OCO4)cc1. The number of rotatable bonds is 5. The molecule has 31 heavy (non-hydrogen) atoms. The maximum absolute atomic E-state index is 9.47. The summed E-state index contributed by atoms with van der Waals surface area (Å²) < 4.78 is 17.5. The molecular formula is C25H23NO5. The molecule has 2 aliphatic rings. The molecule has 0 fully saturated rings. The number of phenolic OH excluding ortho intramolecular Hbond substituents is 1. The molecule has 2 heterocycles. The zero-order chi connectivity index (χ0) is 21.2. The van der Waals surface area contributed by atoms with Crippen LogP contribution in [0, 0.1) is 5.92 Å². The molecule has 6 nitrogen and oxygen atoms in total. The van der Waals surface area contributed by atoms with E-state index in [0.717, 1.165) is 46.8 Å². The van der Waals surface area contributed by atoms with Gasteiger partial charge in [0.1, 0.15) is 23.4 Å². The van der Waals surface area contributed by atoms with E-state index in [0.29, 0.717) is 5.75 Å². The topological polar surface area (TPSA) is 83.2 Å². The zero-order valence-electron chi connectivity index (χ0n) is 16.9. The number of nitrogens with two attached hydrogens (primary N) is 1. The summed E-state index contributed by atoms with van der Waals surface area (Å²) in [6, 6.07) is 18.8. The Morgan fingerprint density at radius 3 is 2.45 bits per heavy atom. The minimum Gasteiger partial charge on any atom is -0.508 e. The van der Waals surface area contributed by atoms with Crippen LogP contribution in [0.2, 0.25) is 0 Å². The van der Waals surface area contributed by atoms with Crippen molar-refractivity contribution in [2.75, 3.05) is 6.79 Å². The molecular weight excluding hydrogens is 394 g/mol. The quantitative estimate of drug-likeness (QED) is 0.582. The molecule has 2 atom stereocenters. The van der Waals surface area contributed by atoms with Crippen LogP contribution in [0.25, 0.3) is 6.08 Å². The van der Waals surface area contributed by atoms with Gasteiger partial charge in [-0.15, -0.1) is 0 Å². The molecule has 0 spiro atoms. The molecule has 0 saturated carbocycles. The predicted molar refractivity (Wildman–Crippen MR) is 116 cm³/mol. The van der Waals surface area contributed by atoms with Crippen LogP contribution in [0.3, 0.4) is 0 Å². The summed E-state index contributed by atoms with van der Waals surface area (Å²) in [5.74, 6) is 8.67. The number of hydrogen-bond donors (Lipinski definition) is 2. The second-order valence-electron chi connectivity index (χ2n) is 7.73. The second-order valence-corrected chi connectivity index (χ2v) is 7.73. The Morgan fingerprint density at radius 1 is 0.968 bits per heavy atom. The first kappa shape index (κ1) is 19.3. The maximum atomic E-state index is 9.47. The summed E-state index contributed by atoms with van der Waals surface area (Å²) in [4.78, 5) is 4.81. The molecule has 0 aliphatic carbocycles. The van der Waals surface area contributed by atoms with Gasteiger partial charge < -0.3 is 24.2 Å². The predicted octanol–water partition coefficient (Wildman–Crippen LogP) is 4.77. The lowest BCUT2D eigenvalue weighted by molar-refractivity contribution is 0.114. The van der Waals surface area contributed by atoms with Gasteiger partial charge >= 0.3 is 0 Å². The Labute approximate surface area is 180 Å². The van der Waals surface area contributed by atoms with Gasteiger partial charge in [-0.1, -0.05) is 36.4 Å². The Kier molecular flexibility index (Phi) is 5.14. The lowest BCUT2D eigenvalue weighted by atomic mass is 9.84. The smallest absolute Gasteiger partial charge is 0.231 e. The number of ether oxygens (including phenoxy) is 3. The van der Waals surface area contributed by atoms with Crippen LogP contribution in [0.1, 0.15) is 29.2 Å². The van der Waals surface area contributed by atoms with E-state index in [1.807, 2.05) is 48.5 Å². The standard InChI is InChI=1S/C25H23NO5/c26-31-21-10-6-17(7-11-21)25-18(3-1-2-16-4-8-20(27)9-5-16)12-19-13-23-24(29-15-28-23)14-22(19)30-25/h1-2,4-11,13-14,18,25,27H,3,12,15,26H2/b2-1+. The molecule has 3 aromatic rings. The first-order chi connectivity index (χ1) is 15.2. The number of allylic oxidation sites excluding steroid dienone is 1. The van der Waals surface area contributed by atoms with Gasteiger partial charge in [-0.25, -0.2) is 0 Å². The molecule has 0 bridgehead atoms. The first-order valence-electron chi connectivity index (χ1n) is 10.2. The highest BCUT2D eigenvalue weighted by atomic mass is 16.7. The zero-order valence-corrected chi connectivity index (χ0v) is 16.9. The number of hydrogen-bond acceptors (Lipinski definition) is 6. The third kappa shape index (κ3) is 4.02. The Bertz CT molecular complexity index is 1090. The molecule has 3 aromatic carbocycles. The monoisotopic (exact) mass is 417 g/mol. The molecule has 0 saturated heterocycles. The highest BCUT2D eigenvalue weighted by Crippen LogP contribution is 2.46. The Hall–Kier alpha value is -3.64. The van der Waals surface area contributed by atoms with Crippen molar-refractivity contribution < 1.29 is 24.2 Å². The van der Waals surface area contributed by atoms with Crippen LogP contribution < -0.4 is 24.9 Å². The van der Waals surface area contributed by atoms with Gasteiger partial charge in [0, 0.05) is 12.0 Å². The Morgan fingerprint density at radius 2 is 1.71 bits per heavy atom. The van der Waals surface area contributed by atoms with Crippen molar-refractivity contribution in [3.63, 3.8) is 0 Å². The second kappa shape index (κ2) is 8.24. The van der Waals surface area contributed by atoms with E-state index in [9.17, 15) is 5.11 Å². The van der Waals surface area contributed by atoms with E-state index in [2.05, 4.69) is 12.2 Å². The van der Waals surface area contributed by atoms with Crippen molar-refractivity contribution in [3.8, 4) is 28.7 Å². The Balaban J connectivity index is 1.42. The van der Waals surface area contributed by atoms with Crippen molar-refractivity contribution in [1.82, 2.24) is 0 Å². The molecule has 2 aliphatic heterocycles. The number of fused-ring (bicyclic) bond motifs is 2. The summed E-state index contributed by atoms with van der Waals surface area (Å²) in [6.45, 7) is 0.237. The lowest BCUT2D eigenvalue weighted by Gasteiger charge is -2.34. The summed E-state index contributed by atoms with van der Waals surface area (Å²) in [6.07, 6.45) is 5.78. The van der Waals surface area contributed by atoms with Gasteiger partial charge in [-0.2, -0.15) is 5.90 Å². The van der Waals surface area contributed by atoms with Crippen molar-refractivity contribution in [3.05, 3.63) is 83.4 Å². The van der Waals surface area contributed by atoms with E-state index in [1.54, 1.807) is 12.1 Å². The molecule has 6 heteroatoms. The van der Waals surface area contributed by atoms with E-state index in [1.165, 1.54) is 0 Å². The van der Waals surface area contributed by atoms with Gasteiger partial charge in [-0.05, 0) is 59.9 Å². The van der Waals surface area contributed by atoms with Gasteiger partial charge in [0.15, 0.2) is 11.5 Å². The average Bonchev–Trinajstić information content (AvgIpc) is 3.26. The van der Waals surface area contributed by atoms with Crippen LogP contribution in [-0.2, 0) is 6.42 Å². The van der Waals surface area contributed by atoms with Crippen molar-refractivity contribution in [2.45, 2.75) is 18.9 Å². The van der Waals surface area contributed by atoms with Crippen molar-refractivity contribution in [1.29, 1.82) is 0 Å². The van der Waals surface area contributed by atoms with Gasteiger partial charge in [0.2, 0.25) is 6.79 Å². The average molecular weight is 417 g/mol. The minimum atomic E-state index is -0.121. The van der Waals surface area contributed by atoms with Gasteiger partial charge in [0.25, 0.3) is 0 Å². The summed E-state index contributed by atoms with van der Waals surface area (Å²) in [5.41, 5.74) is 3.22. The maximum Gasteiger partial charge on any atom is 0.231 e. The van der Waals surface area contributed by atoms with Crippen LogP contribution >= 0.6 is 0 Å². The molecule has 2 unspecified atom stereocenters. The van der Waals surface area contributed by atoms with E-state index < -0.39 is 0 Å². The van der Waals surface area contributed by atoms with Crippen LogP contribution in [0.4, 0.5) is 0 Å². The van der Waals surface area contributed by atoms with Crippen LogP contribution in [0.15, 0.2) is 66.7 Å². The fourth-order valence-corrected chi connectivity index (χ4v) is 4.10. The molecule has 0 radical (unpaired) electrons. The largest absolute Gasteiger partial charge is 0.508 e.